The second-order valence-corrected chi connectivity index (χ2v) is 5.59. The maximum absolute atomic E-state index is 9.70. The summed E-state index contributed by atoms with van der Waals surface area (Å²) in [5.41, 5.74) is 1.27. The van der Waals surface area contributed by atoms with Crippen molar-refractivity contribution in [3.8, 4) is 0 Å². The molecule has 2 rings (SSSR count). The molecule has 20 heavy (non-hydrogen) atoms. The molecule has 1 aromatic rings. The predicted molar refractivity (Wildman–Crippen MR) is 76.3 cm³/mol. The minimum absolute atomic E-state index is 0.0459. The van der Waals surface area contributed by atoms with Crippen LogP contribution in [0.3, 0.4) is 0 Å². The third-order valence-electron chi connectivity index (χ3n) is 2.75. The van der Waals surface area contributed by atoms with Crippen LogP contribution in [0.5, 0.6) is 0 Å². The van der Waals surface area contributed by atoms with Crippen LogP contribution in [0.2, 0.25) is 0 Å². The Hall–Kier alpha value is -0.750. The lowest BCUT2D eigenvalue weighted by Gasteiger charge is -2.30. The molecule has 0 spiro atoms. The van der Waals surface area contributed by atoms with E-state index >= 15 is 0 Å². The molecule has 1 aromatic carbocycles. The van der Waals surface area contributed by atoms with Crippen LogP contribution in [0.15, 0.2) is 30.3 Å². The molecule has 0 amide bonds. The summed E-state index contributed by atoms with van der Waals surface area (Å²) in [7, 11) is -4.17. The molecule has 0 aliphatic carbocycles. The van der Waals surface area contributed by atoms with Gasteiger partial charge in [-0.15, -0.1) is 0 Å². The minimum Gasteiger partial charge on any atom is -0.371 e. The molecule has 1 heterocycles. The Morgan fingerprint density at radius 2 is 2.05 bits per heavy atom. The summed E-state index contributed by atoms with van der Waals surface area (Å²) in [4.78, 5) is 15.8. The van der Waals surface area contributed by atoms with E-state index in [4.69, 9.17) is 14.5 Å². The van der Waals surface area contributed by atoms with E-state index < -0.39 is 7.82 Å². The van der Waals surface area contributed by atoms with Crippen molar-refractivity contribution < 1.29 is 23.6 Å². The van der Waals surface area contributed by atoms with Gasteiger partial charge in [-0.3, -0.25) is 4.52 Å². The third-order valence-corrected chi connectivity index (χ3v) is 3.34. The van der Waals surface area contributed by atoms with Gasteiger partial charge < -0.3 is 19.8 Å². The molecule has 114 valence electrons. The first-order valence-corrected chi connectivity index (χ1v) is 8.07. The lowest BCUT2D eigenvalue weighted by Crippen LogP contribution is -2.41. The van der Waals surface area contributed by atoms with Crippen molar-refractivity contribution >= 4 is 7.82 Å². The van der Waals surface area contributed by atoms with Crippen molar-refractivity contribution in [2.75, 3.05) is 19.8 Å². The molecule has 2 atom stereocenters. The molecule has 1 saturated heterocycles. The molecule has 7 heteroatoms. The van der Waals surface area contributed by atoms with Crippen LogP contribution >= 0.6 is 7.82 Å². The SMILES string of the molecule is CC1NCCOC1c1ccccc1.CCOP(=O)(O)O. The van der Waals surface area contributed by atoms with Gasteiger partial charge in [0.25, 0.3) is 0 Å². The lowest BCUT2D eigenvalue weighted by molar-refractivity contribution is -0.000221. The summed E-state index contributed by atoms with van der Waals surface area (Å²) in [5.74, 6) is 0. The molecular weight excluding hydrogens is 281 g/mol. The van der Waals surface area contributed by atoms with Crippen LogP contribution in [0.25, 0.3) is 0 Å². The van der Waals surface area contributed by atoms with Gasteiger partial charge in [-0.25, -0.2) is 4.57 Å². The average molecular weight is 303 g/mol. The highest BCUT2D eigenvalue weighted by molar-refractivity contribution is 7.46. The van der Waals surface area contributed by atoms with Crippen LogP contribution < -0.4 is 5.32 Å². The van der Waals surface area contributed by atoms with Gasteiger partial charge >= 0.3 is 7.82 Å². The van der Waals surface area contributed by atoms with Crippen LogP contribution in [0.4, 0.5) is 0 Å². The Kier molecular flexibility index (Phi) is 7.37. The van der Waals surface area contributed by atoms with Crippen molar-refractivity contribution in [3.05, 3.63) is 35.9 Å². The Morgan fingerprint density at radius 3 is 2.50 bits per heavy atom. The average Bonchev–Trinajstić information content (AvgIpc) is 2.40. The number of phosphoric acid groups is 1. The first-order valence-electron chi connectivity index (χ1n) is 6.54. The van der Waals surface area contributed by atoms with Crippen LogP contribution in [0, 0.1) is 0 Å². The predicted octanol–water partition coefficient (Wildman–Crippen LogP) is 1.85. The van der Waals surface area contributed by atoms with Gasteiger partial charge in [0.1, 0.15) is 0 Å². The number of hydrogen-bond acceptors (Lipinski definition) is 4. The molecule has 2 unspecified atom stereocenters. The van der Waals surface area contributed by atoms with Gasteiger partial charge in [-0.1, -0.05) is 30.3 Å². The summed E-state index contributed by atoms with van der Waals surface area (Å²) in [6.07, 6.45) is 0.218. The highest BCUT2D eigenvalue weighted by atomic mass is 31.2. The van der Waals surface area contributed by atoms with E-state index in [1.165, 1.54) is 12.5 Å². The molecule has 0 radical (unpaired) electrons. The first-order chi connectivity index (χ1) is 9.44. The zero-order valence-electron chi connectivity index (χ0n) is 11.7. The quantitative estimate of drug-likeness (QED) is 0.739. The molecule has 0 saturated carbocycles. The van der Waals surface area contributed by atoms with Crippen molar-refractivity contribution in [1.29, 1.82) is 0 Å². The van der Waals surface area contributed by atoms with E-state index in [2.05, 4.69) is 41.0 Å². The lowest BCUT2D eigenvalue weighted by atomic mass is 10.0. The third kappa shape index (κ3) is 6.61. The van der Waals surface area contributed by atoms with E-state index in [9.17, 15) is 4.57 Å². The van der Waals surface area contributed by atoms with Gasteiger partial charge in [0.2, 0.25) is 0 Å². The molecule has 1 fully saturated rings. The number of rotatable bonds is 3. The normalized spacial score (nSPS) is 22.8. The Bertz CT molecular complexity index is 422. The Balaban J connectivity index is 0.000000246. The van der Waals surface area contributed by atoms with E-state index in [1.807, 2.05) is 6.07 Å². The second kappa shape index (κ2) is 8.52. The van der Waals surface area contributed by atoms with Gasteiger partial charge in [-0.05, 0) is 19.4 Å². The standard InChI is InChI=1S/C11H15NO.C2H7O4P/c1-9-11(13-8-7-12-9)10-5-3-2-4-6-10;1-2-6-7(3,4)5/h2-6,9,11-12H,7-8H2,1H3;2H2,1H3,(H2,3,4,5). The molecular formula is C13H22NO5P. The number of morpholine rings is 1. The summed E-state index contributed by atoms with van der Waals surface area (Å²) < 4.78 is 19.3. The summed E-state index contributed by atoms with van der Waals surface area (Å²) in [5, 5.41) is 3.41. The monoisotopic (exact) mass is 303 g/mol. The molecule has 3 N–H and O–H groups in total. The van der Waals surface area contributed by atoms with Gasteiger partial charge in [-0.2, -0.15) is 0 Å². The maximum atomic E-state index is 9.70. The number of benzene rings is 1. The fraction of sp³-hybridized carbons (Fsp3) is 0.538. The topological polar surface area (TPSA) is 88.0 Å². The van der Waals surface area contributed by atoms with E-state index in [0.29, 0.717) is 6.04 Å². The minimum atomic E-state index is -4.17. The Morgan fingerprint density at radius 1 is 1.40 bits per heavy atom. The summed E-state index contributed by atoms with van der Waals surface area (Å²) >= 11 is 0. The van der Waals surface area contributed by atoms with Crippen LogP contribution in [0.1, 0.15) is 25.5 Å². The van der Waals surface area contributed by atoms with Gasteiger partial charge in [0, 0.05) is 12.6 Å². The van der Waals surface area contributed by atoms with E-state index in [1.54, 1.807) is 0 Å². The number of hydrogen-bond donors (Lipinski definition) is 3. The van der Waals surface area contributed by atoms with E-state index in [0.717, 1.165) is 13.2 Å². The number of phosphoric ester groups is 1. The summed E-state index contributed by atoms with van der Waals surface area (Å²) in [6.45, 7) is 5.49. The number of ether oxygens (including phenoxy) is 1. The van der Waals surface area contributed by atoms with Crippen molar-refractivity contribution in [2.24, 2.45) is 0 Å². The molecule has 1 aliphatic heterocycles. The van der Waals surface area contributed by atoms with Crippen molar-refractivity contribution in [2.45, 2.75) is 26.0 Å². The Labute approximate surface area is 119 Å². The molecule has 1 aliphatic rings. The number of nitrogens with one attached hydrogen (secondary N) is 1. The second-order valence-electron chi connectivity index (χ2n) is 4.35. The highest BCUT2D eigenvalue weighted by Gasteiger charge is 2.22. The van der Waals surface area contributed by atoms with E-state index in [-0.39, 0.29) is 12.7 Å². The van der Waals surface area contributed by atoms with Crippen molar-refractivity contribution in [1.82, 2.24) is 5.32 Å². The maximum Gasteiger partial charge on any atom is 0.469 e. The van der Waals surface area contributed by atoms with Gasteiger partial charge in [0.05, 0.1) is 19.3 Å². The molecule has 6 nitrogen and oxygen atoms in total. The zero-order chi connectivity index (χ0) is 15.0. The molecule has 0 aromatic heterocycles. The largest absolute Gasteiger partial charge is 0.469 e. The van der Waals surface area contributed by atoms with Crippen LogP contribution in [-0.4, -0.2) is 35.6 Å². The van der Waals surface area contributed by atoms with Crippen molar-refractivity contribution in [3.63, 3.8) is 0 Å². The first kappa shape index (κ1) is 17.3. The fourth-order valence-corrected chi connectivity index (χ4v) is 2.26. The van der Waals surface area contributed by atoms with Crippen LogP contribution in [-0.2, 0) is 13.8 Å². The highest BCUT2D eigenvalue weighted by Crippen LogP contribution is 2.34. The summed E-state index contributed by atoms with van der Waals surface area (Å²) in [6, 6.07) is 10.8. The fourth-order valence-electron chi connectivity index (χ4n) is 1.92. The molecule has 0 bridgehead atoms. The van der Waals surface area contributed by atoms with Gasteiger partial charge in [0.15, 0.2) is 0 Å². The smallest absolute Gasteiger partial charge is 0.371 e. The zero-order valence-corrected chi connectivity index (χ0v) is 12.6.